The molecular weight excluding hydrogens is 769 g/mol. The largest absolute Gasteiger partial charge is 0.490 e. The van der Waals surface area contributed by atoms with Gasteiger partial charge in [-0.1, -0.05) is 0 Å². The number of nitrogens with zero attached hydrogens (tertiary/aromatic N) is 8. The maximum Gasteiger partial charge on any atom is 0.490 e. The van der Waals surface area contributed by atoms with E-state index in [4.69, 9.17) is 30.7 Å². The van der Waals surface area contributed by atoms with E-state index in [0.29, 0.717) is 11.2 Å². The first-order chi connectivity index (χ1) is 24.0. The number of hydrogen-bond donors (Lipinski definition) is 11. The van der Waals surface area contributed by atoms with E-state index in [1.165, 1.54) is 48.6 Å². The summed E-state index contributed by atoms with van der Waals surface area (Å²) in [7, 11) is -16.7. The quantitative estimate of drug-likeness (QED) is 0.102. The topological polar surface area (TPSA) is 415 Å². The van der Waals surface area contributed by atoms with Crippen LogP contribution in [0.15, 0.2) is 27.6 Å². The average Bonchev–Trinajstić information content (AvgIpc) is 3.78. The average molecular weight is 804 g/mol. The molecule has 27 nitrogen and oxygen atoms in total. The lowest BCUT2D eigenvalue weighted by molar-refractivity contribution is -0.127. The number of nitrogen functional groups attached to an aromatic ring is 1. The number of ether oxygens (including phenoxy) is 2. The normalized spacial score (nSPS) is 36.6. The number of aromatic nitrogens is 4. The molecule has 13 N–H and O–H groups in total. The van der Waals surface area contributed by atoms with E-state index in [1.54, 1.807) is 0 Å². The number of aliphatic imine (C=N–C) groups is 3. The smallest absolute Gasteiger partial charge is 0.393 e. The molecule has 4 aliphatic heterocycles. The first-order valence-electron chi connectivity index (χ1n) is 14.6. The van der Waals surface area contributed by atoms with Gasteiger partial charge in [-0.3, -0.25) is 14.1 Å². The monoisotopic (exact) mass is 804 g/mol. The van der Waals surface area contributed by atoms with Gasteiger partial charge in [-0.15, -0.1) is 0 Å². The highest BCUT2D eigenvalue weighted by Gasteiger charge is 2.57. The molecule has 290 valence electrons. The molecule has 0 saturated carbocycles. The molecule has 30 heteroatoms. The lowest BCUT2D eigenvalue weighted by Gasteiger charge is -2.32. The zero-order valence-corrected chi connectivity index (χ0v) is 29.4. The Bertz CT molecular complexity index is 1900. The molecule has 2 aromatic heterocycles. The van der Waals surface area contributed by atoms with Gasteiger partial charge in [0, 0.05) is 0 Å². The summed E-state index contributed by atoms with van der Waals surface area (Å²) in [4.78, 5) is 61.2. The van der Waals surface area contributed by atoms with Gasteiger partial charge in [0.15, 0.2) is 30.1 Å². The SMILES string of the molecule is C[C@]1(CO)O[C@@H](n2cnc3c(N)ncnc32)[C@@H](O)C1O.C[C@]1(COP(=O)(O)OP(=O)(O)OP(=O)(O)O)O[C@@H](N2C=NC3C(N)=NC=NC32)[C@@H](O)C1O. The Morgan fingerprint density at radius 3 is 2.15 bits per heavy atom. The van der Waals surface area contributed by atoms with Crippen LogP contribution in [0.3, 0.4) is 0 Å². The molecule has 52 heavy (non-hydrogen) atoms. The van der Waals surface area contributed by atoms with Crippen LogP contribution in [0.2, 0.25) is 0 Å². The van der Waals surface area contributed by atoms with Crippen LogP contribution in [-0.2, 0) is 36.3 Å². The van der Waals surface area contributed by atoms with Crippen LogP contribution in [0.25, 0.3) is 11.2 Å². The summed E-state index contributed by atoms with van der Waals surface area (Å²) >= 11 is 0. The van der Waals surface area contributed by atoms with E-state index < -0.39 is 97.0 Å². The van der Waals surface area contributed by atoms with Gasteiger partial charge in [0.1, 0.15) is 65.7 Å². The molecule has 0 amide bonds. The minimum absolute atomic E-state index is 0.159. The Kier molecular flexibility index (Phi) is 11.1. The van der Waals surface area contributed by atoms with Crippen molar-refractivity contribution in [2.45, 2.75) is 74.1 Å². The second-order valence-electron chi connectivity index (χ2n) is 12.0. The second kappa shape index (κ2) is 14.4. The Labute approximate surface area is 291 Å². The van der Waals surface area contributed by atoms with Crippen molar-refractivity contribution >= 4 is 59.0 Å². The fraction of sp³-hybridized carbons (Fsp3) is 0.636. The number of nitrogens with two attached hydrogens (primary N) is 2. The van der Waals surface area contributed by atoms with E-state index >= 15 is 0 Å². The maximum atomic E-state index is 11.9. The van der Waals surface area contributed by atoms with Gasteiger partial charge in [0.25, 0.3) is 0 Å². The molecule has 12 atom stereocenters. The van der Waals surface area contributed by atoms with E-state index in [1.807, 2.05) is 0 Å². The summed E-state index contributed by atoms with van der Waals surface area (Å²) in [5.74, 6) is 0.374. The van der Waals surface area contributed by atoms with Crippen LogP contribution in [-0.4, -0.2) is 155 Å². The fourth-order valence-corrected chi connectivity index (χ4v) is 8.56. The minimum Gasteiger partial charge on any atom is -0.393 e. The number of phosphoric acid groups is 3. The number of fused-ring (bicyclic) bond motifs is 2. The molecular formula is C22H35N10O17P3. The maximum absolute atomic E-state index is 11.9. The number of aliphatic hydroxyl groups excluding tert-OH is 5. The van der Waals surface area contributed by atoms with Gasteiger partial charge in [-0.2, -0.15) is 8.62 Å². The van der Waals surface area contributed by atoms with Crippen molar-refractivity contribution < 1.29 is 81.4 Å². The molecule has 4 aliphatic rings. The summed E-state index contributed by atoms with van der Waals surface area (Å²) in [5.41, 5.74) is 9.10. The first kappa shape index (κ1) is 40.3. The van der Waals surface area contributed by atoms with Crippen molar-refractivity contribution in [2.75, 3.05) is 18.9 Å². The molecule has 0 bridgehead atoms. The van der Waals surface area contributed by atoms with Crippen LogP contribution in [0.5, 0.6) is 0 Å². The Morgan fingerprint density at radius 1 is 0.885 bits per heavy atom. The third-order valence-electron chi connectivity index (χ3n) is 8.14. The van der Waals surface area contributed by atoms with Crippen molar-refractivity contribution in [2.24, 2.45) is 20.7 Å². The van der Waals surface area contributed by atoms with Gasteiger partial charge in [0.2, 0.25) is 0 Å². The van der Waals surface area contributed by atoms with Crippen LogP contribution < -0.4 is 11.5 Å². The summed E-state index contributed by atoms with van der Waals surface area (Å²) in [6, 6.07) is -0.658. The second-order valence-corrected chi connectivity index (χ2v) is 16.4. The van der Waals surface area contributed by atoms with Crippen molar-refractivity contribution in [3.8, 4) is 0 Å². The van der Waals surface area contributed by atoms with Crippen LogP contribution in [0.4, 0.5) is 5.82 Å². The number of imidazole rings is 1. The molecule has 0 aliphatic carbocycles. The highest BCUT2D eigenvalue weighted by atomic mass is 31.3. The highest BCUT2D eigenvalue weighted by Crippen LogP contribution is 2.66. The Morgan fingerprint density at radius 2 is 1.52 bits per heavy atom. The van der Waals surface area contributed by atoms with Crippen molar-refractivity contribution in [3.63, 3.8) is 0 Å². The summed E-state index contributed by atoms with van der Waals surface area (Å²) in [6.07, 6.45) is -3.52. The summed E-state index contributed by atoms with van der Waals surface area (Å²) in [6.45, 7) is 1.31. The molecule has 0 aromatic carbocycles. The molecule has 2 aromatic rings. The Balaban J connectivity index is 0.000000223. The zero-order chi connectivity index (χ0) is 38.6. The van der Waals surface area contributed by atoms with E-state index in [-0.39, 0.29) is 11.7 Å². The number of rotatable bonds is 10. The molecule has 6 heterocycles. The lowest BCUT2D eigenvalue weighted by atomic mass is 9.98. The van der Waals surface area contributed by atoms with Crippen LogP contribution in [0.1, 0.15) is 20.1 Å². The zero-order valence-electron chi connectivity index (χ0n) is 26.7. The molecule has 0 spiro atoms. The van der Waals surface area contributed by atoms with Gasteiger partial charge in [-0.05, 0) is 13.8 Å². The van der Waals surface area contributed by atoms with Gasteiger partial charge in [-0.25, -0.2) is 38.6 Å². The highest BCUT2D eigenvalue weighted by molar-refractivity contribution is 7.66. The minimum atomic E-state index is -5.72. The summed E-state index contributed by atoms with van der Waals surface area (Å²) in [5, 5.41) is 50.3. The standard InChI is InChI=1S/C11H20N5O13P3.C11H15N5O4/c1-11(2-26-31(22,23)29-32(24,25)28-30(19,20)21)7(18)6(17)10(27-11)16-4-15-5-8(12)13-3-14-9(5)16;1-11(2-17)7(19)6(18)10(20-11)16-4-15-5-8(12)13-3-14-9(5)16/h3-7,9-10,17-18H,2H2,1H3,(H,22,23)(H,24,25)(H2,12,13,14)(H2,19,20,21);3-4,6-7,10,17-19H,2H2,1H3,(H2,12,13,14)/t5?,6-,7?,9?,10+,11+;6-,7?,10+,11+/m00/s1. The molecule has 6 rings (SSSR count). The molecule has 2 fully saturated rings. The van der Waals surface area contributed by atoms with Gasteiger partial charge in [0.05, 0.1) is 25.9 Å². The van der Waals surface area contributed by atoms with Gasteiger partial charge < -0.3 is 70.9 Å². The fourth-order valence-electron chi connectivity index (χ4n) is 5.45. The lowest BCUT2D eigenvalue weighted by Crippen LogP contribution is -2.51. The van der Waals surface area contributed by atoms with E-state index in [9.17, 15) is 49.0 Å². The van der Waals surface area contributed by atoms with Gasteiger partial charge >= 0.3 is 23.5 Å². The van der Waals surface area contributed by atoms with Crippen molar-refractivity contribution in [3.05, 3.63) is 12.7 Å². The van der Waals surface area contributed by atoms with Crippen LogP contribution >= 0.6 is 23.5 Å². The van der Waals surface area contributed by atoms with E-state index in [2.05, 4.69) is 43.1 Å². The van der Waals surface area contributed by atoms with Crippen LogP contribution in [0, 0.1) is 0 Å². The molecule has 2 saturated heterocycles. The third-order valence-corrected chi connectivity index (χ3v) is 11.9. The number of phosphoric ester groups is 1. The summed E-state index contributed by atoms with van der Waals surface area (Å²) < 4.78 is 58.4. The molecule has 0 radical (unpaired) electrons. The van der Waals surface area contributed by atoms with Crippen molar-refractivity contribution in [1.29, 1.82) is 0 Å². The van der Waals surface area contributed by atoms with E-state index in [0.717, 1.165) is 0 Å². The predicted octanol–water partition coefficient (Wildman–Crippen LogP) is -3.99. The Hall–Kier alpha value is -2.91. The number of aliphatic hydroxyl groups is 5. The number of anilines is 1. The molecule has 6 unspecified atom stereocenters. The first-order valence-corrected chi connectivity index (χ1v) is 19.1. The third kappa shape index (κ3) is 8.11. The number of hydrogen-bond acceptors (Lipinski definition) is 22. The van der Waals surface area contributed by atoms with Crippen molar-refractivity contribution in [1.82, 2.24) is 24.4 Å². The predicted molar refractivity (Wildman–Crippen MR) is 170 cm³/mol. The number of amidine groups is 1.